The van der Waals surface area contributed by atoms with Crippen molar-refractivity contribution in [3.8, 4) is 11.5 Å². The number of nitrogens with zero attached hydrogens (tertiary/aromatic N) is 1. The third-order valence-corrected chi connectivity index (χ3v) is 4.41. The standard InChI is InChI=1S/C10H17N.C7H8O2/c1-8-3-4-9-5-6-11(2)10(9)7-8;1-9-7-5-3-2-4-6(7)8/h9-10H,1,3-7H2,2H3;2-5,8H,1H3. The van der Waals surface area contributed by atoms with Crippen LogP contribution in [0.15, 0.2) is 36.4 Å². The molecular weight excluding hydrogens is 250 g/mol. The molecule has 1 aliphatic heterocycles. The lowest BCUT2D eigenvalue weighted by Crippen LogP contribution is -2.32. The van der Waals surface area contributed by atoms with E-state index in [1.54, 1.807) is 24.3 Å². The van der Waals surface area contributed by atoms with Crippen LogP contribution in [-0.2, 0) is 0 Å². The van der Waals surface area contributed by atoms with Gasteiger partial charge < -0.3 is 14.7 Å². The molecule has 20 heavy (non-hydrogen) atoms. The van der Waals surface area contributed by atoms with E-state index in [9.17, 15) is 0 Å². The minimum atomic E-state index is 0.181. The van der Waals surface area contributed by atoms with Crippen molar-refractivity contribution in [2.24, 2.45) is 5.92 Å². The Hall–Kier alpha value is -1.48. The highest BCUT2D eigenvalue weighted by Gasteiger charge is 2.34. The summed E-state index contributed by atoms with van der Waals surface area (Å²) in [6.45, 7) is 5.39. The predicted octanol–water partition coefficient (Wildman–Crippen LogP) is 3.45. The highest BCUT2D eigenvalue weighted by molar-refractivity contribution is 5.37. The van der Waals surface area contributed by atoms with Crippen molar-refractivity contribution >= 4 is 0 Å². The second kappa shape index (κ2) is 6.80. The number of hydrogen-bond donors (Lipinski definition) is 1. The van der Waals surface area contributed by atoms with Gasteiger partial charge in [0.2, 0.25) is 0 Å². The van der Waals surface area contributed by atoms with Crippen LogP contribution < -0.4 is 4.74 Å². The van der Waals surface area contributed by atoms with E-state index in [2.05, 4.69) is 18.5 Å². The van der Waals surface area contributed by atoms with Crippen molar-refractivity contribution in [1.82, 2.24) is 4.90 Å². The Morgan fingerprint density at radius 1 is 1.30 bits per heavy atom. The van der Waals surface area contributed by atoms with Crippen LogP contribution in [0.3, 0.4) is 0 Å². The van der Waals surface area contributed by atoms with Gasteiger partial charge >= 0.3 is 0 Å². The molecule has 1 heterocycles. The van der Waals surface area contributed by atoms with Gasteiger partial charge in [0, 0.05) is 6.04 Å². The Morgan fingerprint density at radius 3 is 2.70 bits per heavy atom. The smallest absolute Gasteiger partial charge is 0.160 e. The summed E-state index contributed by atoms with van der Waals surface area (Å²) in [6, 6.07) is 7.68. The molecule has 3 rings (SSSR count). The van der Waals surface area contributed by atoms with Crippen molar-refractivity contribution in [3.05, 3.63) is 36.4 Å². The van der Waals surface area contributed by atoms with Gasteiger partial charge in [-0.05, 0) is 57.3 Å². The fourth-order valence-corrected chi connectivity index (χ4v) is 3.16. The molecule has 0 bridgehead atoms. The zero-order valence-electron chi connectivity index (χ0n) is 12.5. The summed E-state index contributed by atoms with van der Waals surface area (Å²) in [5, 5.41) is 8.99. The molecule has 2 fully saturated rings. The maximum Gasteiger partial charge on any atom is 0.160 e. The largest absolute Gasteiger partial charge is 0.504 e. The lowest BCUT2D eigenvalue weighted by Gasteiger charge is -2.30. The summed E-state index contributed by atoms with van der Waals surface area (Å²) in [4.78, 5) is 2.51. The van der Waals surface area contributed by atoms with E-state index >= 15 is 0 Å². The molecule has 1 aromatic carbocycles. The van der Waals surface area contributed by atoms with E-state index in [-0.39, 0.29) is 5.75 Å². The van der Waals surface area contributed by atoms with Crippen LogP contribution in [0, 0.1) is 5.92 Å². The monoisotopic (exact) mass is 275 g/mol. The van der Waals surface area contributed by atoms with Gasteiger partial charge in [-0.3, -0.25) is 0 Å². The van der Waals surface area contributed by atoms with Crippen molar-refractivity contribution in [3.63, 3.8) is 0 Å². The van der Waals surface area contributed by atoms with Crippen LogP contribution >= 0.6 is 0 Å². The molecule has 0 aromatic heterocycles. The molecular formula is C17H25NO2. The summed E-state index contributed by atoms with van der Waals surface area (Å²) in [6.07, 6.45) is 5.37. The summed E-state index contributed by atoms with van der Waals surface area (Å²) >= 11 is 0. The summed E-state index contributed by atoms with van der Waals surface area (Å²) < 4.78 is 4.79. The SMILES string of the molecule is C=C1CCC2CCN(C)C2C1.COc1ccccc1O. The van der Waals surface area contributed by atoms with Gasteiger partial charge in [-0.15, -0.1) is 0 Å². The number of methoxy groups -OCH3 is 1. The molecule has 0 amide bonds. The number of fused-ring (bicyclic) bond motifs is 1. The molecule has 1 saturated heterocycles. The first-order chi connectivity index (χ1) is 9.61. The van der Waals surface area contributed by atoms with Crippen molar-refractivity contribution in [1.29, 1.82) is 0 Å². The number of likely N-dealkylation sites (tertiary alicyclic amines) is 1. The number of rotatable bonds is 1. The molecule has 110 valence electrons. The van der Waals surface area contributed by atoms with Gasteiger partial charge in [0.15, 0.2) is 11.5 Å². The first kappa shape index (κ1) is 14.9. The Balaban J connectivity index is 0.000000151. The highest BCUT2D eigenvalue weighted by atomic mass is 16.5. The number of hydrogen-bond acceptors (Lipinski definition) is 3. The van der Waals surface area contributed by atoms with Crippen LogP contribution in [0.5, 0.6) is 11.5 Å². The maximum absolute atomic E-state index is 8.99. The topological polar surface area (TPSA) is 32.7 Å². The number of phenols is 1. The lowest BCUT2D eigenvalue weighted by atomic mass is 9.83. The summed E-state index contributed by atoms with van der Waals surface area (Å²) in [7, 11) is 3.78. The Morgan fingerprint density at radius 2 is 2.05 bits per heavy atom. The van der Waals surface area contributed by atoms with Crippen LogP contribution in [0.4, 0.5) is 0 Å². The molecule has 2 atom stereocenters. The molecule has 3 nitrogen and oxygen atoms in total. The van der Waals surface area contributed by atoms with E-state index in [0.29, 0.717) is 5.75 Å². The van der Waals surface area contributed by atoms with Crippen LogP contribution in [0.2, 0.25) is 0 Å². The number of aromatic hydroxyl groups is 1. The first-order valence-electron chi connectivity index (χ1n) is 7.30. The van der Waals surface area contributed by atoms with Gasteiger partial charge in [-0.1, -0.05) is 24.3 Å². The van der Waals surface area contributed by atoms with Crippen molar-refractivity contribution in [2.75, 3.05) is 20.7 Å². The lowest BCUT2D eigenvalue weighted by molar-refractivity contribution is 0.243. The fourth-order valence-electron chi connectivity index (χ4n) is 3.16. The quantitative estimate of drug-likeness (QED) is 0.797. The average Bonchev–Trinajstić information content (AvgIpc) is 2.81. The molecule has 1 N–H and O–H groups in total. The van der Waals surface area contributed by atoms with E-state index in [1.165, 1.54) is 44.9 Å². The minimum Gasteiger partial charge on any atom is -0.504 e. The summed E-state index contributed by atoms with van der Waals surface area (Å²) in [5.74, 6) is 1.68. The van der Waals surface area contributed by atoms with E-state index < -0.39 is 0 Å². The second-order valence-electron chi connectivity index (χ2n) is 5.76. The van der Waals surface area contributed by atoms with Gasteiger partial charge in [0.25, 0.3) is 0 Å². The number of ether oxygens (including phenoxy) is 1. The molecule has 2 unspecified atom stereocenters. The molecule has 0 spiro atoms. The molecule has 1 aromatic rings. The van der Waals surface area contributed by atoms with E-state index in [0.717, 1.165) is 12.0 Å². The number of phenolic OH excluding ortho intramolecular Hbond substituents is 1. The van der Waals surface area contributed by atoms with Gasteiger partial charge in [0.05, 0.1) is 7.11 Å². The van der Waals surface area contributed by atoms with Gasteiger partial charge in [-0.2, -0.15) is 0 Å². The molecule has 2 aliphatic rings. The molecule has 0 radical (unpaired) electrons. The Labute approximate surface area is 121 Å². The normalized spacial score (nSPS) is 25.6. The summed E-state index contributed by atoms with van der Waals surface area (Å²) in [5.41, 5.74) is 1.47. The predicted molar refractivity (Wildman–Crippen MR) is 82.2 cm³/mol. The minimum absolute atomic E-state index is 0.181. The van der Waals surface area contributed by atoms with Gasteiger partial charge in [-0.25, -0.2) is 0 Å². The average molecular weight is 275 g/mol. The Kier molecular flexibility index (Phi) is 5.07. The van der Waals surface area contributed by atoms with Crippen molar-refractivity contribution < 1.29 is 9.84 Å². The van der Waals surface area contributed by atoms with Gasteiger partial charge in [0.1, 0.15) is 0 Å². The fraction of sp³-hybridized carbons (Fsp3) is 0.529. The second-order valence-corrected chi connectivity index (χ2v) is 5.76. The van der Waals surface area contributed by atoms with E-state index in [1.807, 2.05) is 0 Å². The van der Waals surface area contributed by atoms with Crippen LogP contribution in [0.1, 0.15) is 25.7 Å². The first-order valence-corrected chi connectivity index (χ1v) is 7.30. The third kappa shape index (κ3) is 3.54. The van der Waals surface area contributed by atoms with Crippen molar-refractivity contribution in [2.45, 2.75) is 31.7 Å². The molecule has 1 saturated carbocycles. The Bertz CT molecular complexity index is 458. The molecule has 3 heteroatoms. The zero-order chi connectivity index (χ0) is 14.5. The van der Waals surface area contributed by atoms with E-state index in [4.69, 9.17) is 9.84 Å². The van der Waals surface area contributed by atoms with Crippen LogP contribution in [-0.4, -0.2) is 36.8 Å². The maximum atomic E-state index is 8.99. The number of para-hydroxylation sites is 2. The molecule has 1 aliphatic carbocycles. The third-order valence-electron chi connectivity index (χ3n) is 4.41. The zero-order valence-corrected chi connectivity index (χ0v) is 12.5. The highest BCUT2D eigenvalue weighted by Crippen LogP contribution is 2.36. The van der Waals surface area contributed by atoms with Crippen LogP contribution in [0.25, 0.3) is 0 Å². The number of benzene rings is 1.